The van der Waals surface area contributed by atoms with Crippen LogP contribution in [-0.4, -0.2) is 44.9 Å². The molecule has 0 aromatic heterocycles. The van der Waals surface area contributed by atoms with Gasteiger partial charge in [-0.25, -0.2) is 0 Å². The third kappa shape index (κ3) is 22.7. The minimum atomic E-state index is -1.09. The topological polar surface area (TPSA) is 127 Å². The molecule has 0 spiro atoms. The fourth-order valence-electron chi connectivity index (χ4n) is 4.77. The molecular weight excluding hydrogens is 484 g/mol. The van der Waals surface area contributed by atoms with E-state index in [1.54, 1.807) is 0 Å². The van der Waals surface area contributed by atoms with Gasteiger partial charge >= 0.3 is 0 Å². The highest BCUT2D eigenvalue weighted by molar-refractivity contribution is 4.78. The molecule has 0 heterocycles. The SMILES string of the molecule is CCCCCCCCCCC(CO)(CCCCC)[N+](=O)[O-].CCCCCCCCCCCC(CO)[N+](=O)[O-]. The highest BCUT2D eigenvalue weighted by Crippen LogP contribution is 2.26. The van der Waals surface area contributed by atoms with Crippen LogP contribution in [0.15, 0.2) is 0 Å². The molecule has 0 aliphatic heterocycles. The van der Waals surface area contributed by atoms with Gasteiger partial charge in [0.2, 0.25) is 11.6 Å². The molecule has 8 nitrogen and oxygen atoms in total. The molecule has 2 unspecified atom stereocenters. The molecule has 0 aliphatic carbocycles. The summed E-state index contributed by atoms with van der Waals surface area (Å²) in [5, 5.41) is 40.1. The molecule has 38 heavy (non-hydrogen) atoms. The van der Waals surface area contributed by atoms with Crippen LogP contribution in [0.5, 0.6) is 0 Å². The number of aliphatic hydroxyl groups excluding tert-OH is 2. The normalized spacial score (nSPS) is 13.4. The van der Waals surface area contributed by atoms with Crippen molar-refractivity contribution in [2.75, 3.05) is 13.2 Å². The third-order valence-corrected chi connectivity index (χ3v) is 7.57. The molecule has 0 saturated carbocycles. The van der Waals surface area contributed by atoms with E-state index >= 15 is 0 Å². The number of nitrogens with zero attached hydrogens (tertiary/aromatic N) is 2. The van der Waals surface area contributed by atoms with Gasteiger partial charge in [-0.15, -0.1) is 0 Å². The summed E-state index contributed by atoms with van der Waals surface area (Å²) < 4.78 is 0. The van der Waals surface area contributed by atoms with Gasteiger partial charge in [0.1, 0.15) is 13.2 Å². The Labute approximate surface area is 233 Å². The zero-order valence-corrected chi connectivity index (χ0v) is 25.2. The average molecular weight is 547 g/mol. The van der Waals surface area contributed by atoms with Crippen LogP contribution in [0.3, 0.4) is 0 Å². The van der Waals surface area contributed by atoms with Crippen molar-refractivity contribution in [2.24, 2.45) is 0 Å². The summed E-state index contributed by atoms with van der Waals surface area (Å²) in [5.74, 6) is 0. The Hall–Kier alpha value is -1.28. The van der Waals surface area contributed by atoms with Crippen LogP contribution in [-0.2, 0) is 0 Å². The summed E-state index contributed by atoms with van der Waals surface area (Å²) in [6.45, 7) is 5.87. The van der Waals surface area contributed by atoms with Crippen molar-refractivity contribution in [3.63, 3.8) is 0 Å². The maximum Gasteiger partial charge on any atom is 0.244 e. The van der Waals surface area contributed by atoms with Crippen molar-refractivity contribution in [1.29, 1.82) is 0 Å². The maximum absolute atomic E-state index is 11.3. The fraction of sp³-hybridized carbons (Fsp3) is 1.00. The number of aliphatic hydroxyl groups is 2. The summed E-state index contributed by atoms with van der Waals surface area (Å²) in [6, 6.07) is -0.750. The van der Waals surface area contributed by atoms with E-state index in [2.05, 4.69) is 20.8 Å². The van der Waals surface area contributed by atoms with Crippen molar-refractivity contribution in [3.8, 4) is 0 Å². The molecule has 0 aromatic rings. The highest BCUT2D eigenvalue weighted by Gasteiger charge is 2.40. The Morgan fingerprint density at radius 3 is 1.26 bits per heavy atom. The second kappa shape index (κ2) is 28.7. The number of nitro groups is 2. The molecule has 0 radical (unpaired) electrons. The third-order valence-electron chi connectivity index (χ3n) is 7.57. The Balaban J connectivity index is 0. The Bertz CT molecular complexity index is 535. The lowest BCUT2D eigenvalue weighted by molar-refractivity contribution is -0.576. The fourth-order valence-corrected chi connectivity index (χ4v) is 4.77. The Morgan fingerprint density at radius 1 is 0.579 bits per heavy atom. The van der Waals surface area contributed by atoms with Gasteiger partial charge in [0.25, 0.3) is 0 Å². The Morgan fingerprint density at radius 2 is 0.921 bits per heavy atom. The minimum absolute atomic E-state index is 0.232. The van der Waals surface area contributed by atoms with Crippen LogP contribution in [0.1, 0.15) is 168 Å². The molecule has 0 saturated heterocycles. The summed E-state index contributed by atoms with van der Waals surface area (Å²) in [7, 11) is 0. The first-order chi connectivity index (χ1) is 18.3. The van der Waals surface area contributed by atoms with Crippen molar-refractivity contribution >= 4 is 0 Å². The lowest BCUT2D eigenvalue weighted by Gasteiger charge is -2.23. The molecule has 2 atom stereocenters. The molecule has 0 fully saturated rings. The summed E-state index contributed by atoms with van der Waals surface area (Å²) in [5.41, 5.74) is -1.09. The predicted molar refractivity (Wildman–Crippen MR) is 158 cm³/mol. The second-order valence-electron chi connectivity index (χ2n) is 11.1. The van der Waals surface area contributed by atoms with E-state index < -0.39 is 11.6 Å². The van der Waals surface area contributed by atoms with Crippen LogP contribution in [0, 0.1) is 20.2 Å². The van der Waals surface area contributed by atoms with Crippen LogP contribution >= 0.6 is 0 Å². The molecule has 0 bridgehead atoms. The summed E-state index contributed by atoms with van der Waals surface area (Å²) >= 11 is 0. The lowest BCUT2D eigenvalue weighted by atomic mass is 9.87. The zero-order chi connectivity index (χ0) is 28.9. The van der Waals surface area contributed by atoms with Crippen LogP contribution in [0.4, 0.5) is 0 Å². The zero-order valence-electron chi connectivity index (χ0n) is 25.2. The standard InChI is InChI=1S/C17H35NO3.C13H27NO3/c1-3-5-7-8-9-10-11-13-15-17(16-19,18(20)21)14-12-6-4-2;1-2-3-4-5-6-7-8-9-10-11-13(12-15)14(16)17/h19H,3-16H2,1-2H3;13,15H,2-12H2,1H3. The van der Waals surface area contributed by atoms with Crippen molar-refractivity contribution in [3.05, 3.63) is 20.2 Å². The molecule has 0 aliphatic rings. The number of hydrogen-bond acceptors (Lipinski definition) is 6. The van der Waals surface area contributed by atoms with Gasteiger partial charge in [-0.1, -0.05) is 130 Å². The van der Waals surface area contributed by atoms with Crippen LogP contribution in [0.25, 0.3) is 0 Å². The minimum Gasteiger partial charge on any atom is -0.389 e. The molecule has 228 valence electrons. The van der Waals surface area contributed by atoms with Gasteiger partial charge in [0.05, 0.1) is 0 Å². The van der Waals surface area contributed by atoms with E-state index in [0.717, 1.165) is 51.4 Å². The van der Waals surface area contributed by atoms with E-state index in [9.17, 15) is 25.3 Å². The van der Waals surface area contributed by atoms with Crippen molar-refractivity contribution < 1.29 is 20.1 Å². The van der Waals surface area contributed by atoms with Gasteiger partial charge in [-0.3, -0.25) is 20.2 Å². The van der Waals surface area contributed by atoms with Crippen LogP contribution in [0.2, 0.25) is 0 Å². The average Bonchev–Trinajstić information content (AvgIpc) is 2.90. The Kier molecular flexibility index (Phi) is 29.4. The molecule has 0 aromatic carbocycles. The maximum atomic E-state index is 11.3. The molecule has 2 N–H and O–H groups in total. The van der Waals surface area contributed by atoms with Gasteiger partial charge < -0.3 is 10.2 Å². The number of hydrogen-bond donors (Lipinski definition) is 2. The molecule has 0 amide bonds. The smallest absolute Gasteiger partial charge is 0.244 e. The first-order valence-electron chi connectivity index (χ1n) is 15.8. The van der Waals surface area contributed by atoms with E-state index in [1.165, 1.54) is 77.0 Å². The summed E-state index contributed by atoms with van der Waals surface area (Å²) in [4.78, 5) is 21.2. The highest BCUT2D eigenvalue weighted by atomic mass is 16.6. The van der Waals surface area contributed by atoms with Gasteiger partial charge in [0, 0.05) is 29.1 Å². The summed E-state index contributed by atoms with van der Waals surface area (Å²) in [6.07, 6.45) is 24.8. The number of rotatable bonds is 27. The van der Waals surface area contributed by atoms with Gasteiger partial charge in [0.15, 0.2) is 0 Å². The van der Waals surface area contributed by atoms with Crippen molar-refractivity contribution in [2.45, 2.75) is 180 Å². The monoisotopic (exact) mass is 546 g/mol. The van der Waals surface area contributed by atoms with E-state index in [0.29, 0.717) is 19.3 Å². The predicted octanol–water partition coefficient (Wildman–Crippen LogP) is 8.65. The lowest BCUT2D eigenvalue weighted by Crippen LogP contribution is -2.42. The largest absolute Gasteiger partial charge is 0.389 e. The molecular formula is C30H62N2O6. The van der Waals surface area contributed by atoms with Crippen LogP contribution < -0.4 is 0 Å². The number of unbranched alkanes of at least 4 members (excludes halogenated alkanes) is 17. The van der Waals surface area contributed by atoms with E-state index in [1.807, 2.05) is 0 Å². The van der Waals surface area contributed by atoms with E-state index in [-0.39, 0.29) is 23.1 Å². The first kappa shape index (κ1) is 38.9. The quantitative estimate of drug-likeness (QED) is 0.0603. The van der Waals surface area contributed by atoms with Gasteiger partial charge in [-0.2, -0.15) is 0 Å². The first-order valence-corrected chi connectivity index (χ1v) is 15.8. The van der Waals surface area contributed by atoms with E-state index in [4.69, 9.17) is 5.11 Å². The van der Waals surface area contributed by atoms with Gasteiger partial charge in [-0.05, 0) is 19.3 Å². The molecule has 8 heteroatoms. The van der Waals surface area contributed by atoms with Crippen molar-refractivity contribution in [1.82, 2.24) is 0 Å². The second-order valence-corrected chi connectivity index (χ2v) is 11.1. The molecule has 0 rings (SSSR count).